The van der Waals surface area contributed by atoms with Crippen LogP contribution in [0.1, 0.15) is 44.2 Å². The minimum atomic E-state index is -2.55. The Balaban J connectivity index is 0.00000141. The smallest absolute Gasteiger partial charge is 0.278 e. The van der Waals surface area contributed by atoms with E-state index in [1.807, 2.05) is 68.3 Å². The molecule has 0 aliphatic carbocycles. The van der Waals surface area contributed by atoms with Crippen molar-refractivity contribution < 1.29 is 8.78 Å². The Morgan fingerprint density at radius 3 is 2.44 bits per heavy atom. The Hall–Kier alpha value is -1.96. The number of piperidine rings is 1. The lowest BCUT2D eigenvalue weighted by Crippen LogP contribution is -2.31. The number of benzene rings is 2. The van der Waals surface area contributed by atoms with E-state index in [2.05, 4.69) is 25.9 Å². The van der Waals surface area contributed by atoms with Gasteiger partial charge in [-0.25, -0.2) is 8.78 Å². The van der Waals surface area contributed by atoms with Crippen molar-refractivity contribution in [3.05, 3.63) is 64.7 Å². The van der Waals surface area contributed by atoms with Gasteiger partial charge < -0.3 is 9.62 Å². The van der Waals surface area contributed by atoms with Crippen molar-refractivity contribution >= 4 is 40.7 Å². The van der Waals surface area contributed by atoms with Gasteiger partial charge >= 0.3 is 0 Å². The first-order valence-corrected chi connectivity index (χ1v) is 12.2. The molecule has 2 aliphatic rings. The average Bonchev–Trinajstić information content (AvgIpc) is 3.32. The van der Waals surface area contributed by atoms with Crippen molar-refractivity contribution in [2.75, 3.05) is 17.4 Å². The third kappa shape index (κ3) is 6.77. The molecule has 172 valence electrons. The van der Waals surface area contributed by atoms with Crippen LogP contribution in [-0.4, -0.2) is 36.2 Å². The van der Waals surface area contributed by atoms with E-state index in [1.165, 1.54) is 0 Å². The number of halogens is 3. The van der Waals surface area contributed by atoms with E-state index in [9.17, 15) is 8.78 Å². The van der Waals surface area contributed by atoms with Crippen molar-refractivity contribution in [3.8, 4) is 0 Å². The number of anilines is 1. The van der Waals surface area contributed by atoms with Gasteiger partial charge in [0.15, 0.2) is 0 Å². The van der Waals surface area contributed by atoms with Gasteiger partial charge in [-0.2, -0.15) is 10.2 Å². The van der Waals surface area contributed by atoms with Crippen LogP contribution in [0.3, 0.4) is 0 Å². The molecule has 0 radical (unpaired) electrons. The molecule has 0 amide bonds. The van der Waals surface area contributed by atoms with Crippen LogP contribution in [0.5, 0.6) is 0 Å². The predicted molar refractivity (Wildman–Crippen MR) is 134 cm³/mol. The zero-order valence-corrected chi connectivity index (χ0v) is 20.0. The van der Waals surface area contributed by atoms with Crippen molar-refractivity contribution in [3.63, 3.8) is 0 Å². The molecule has 0 spiro atoms. The quantitative estimate of drug-likeness (QED) is 0.456. The third-order valence-corrected chi connectivity index (χ3v) is 6.77. The van der Waals surface area contributed by atoms with Gasteiger partial charge in [-0.3, -0.25) is 0 Å². The second kappa shape index (κ2) is 12.3. The third-order valence-electron chi connectivity index (χ3n) is 5.17. The summed E-state index contributed by atoms with van der Waals surface area (Å²) in [4.78, 5) is 0. The fourth-order valence-electron chi connectivity index (χ4n) is 3.52. The first-order chi connectivity index (χ1) is 15.6. The molecule has 2 aromatic rings. The summed E-state index contributed by atoms with van der Waals surface area (Å²) in [5, 5.41) is 12.2. The molecule has 0 saturated carbocycles. The molecule has 0 unspecified atom stereocenters. The molecule has 1 fully saturated rings. The maximum absolute atomic E-state index is 12.8. The van der Waals surface area contributed by atoms with Crippen LogP contribution in [0.25, 0.3) is 0 Å². The lowest BCUT2D eigenvalue weighted by molar-refractivity contribution is 0.224. The van der Waals surface area contributed by atoms with Gasteiger partial charge in [0.05, 0.1) is 12.3 Å². The SMILES string of the molecule is CC.FC(F)C1=NN=C(c2ccc(CN(SC3CCNCC3)c3cccc(Cl)c3)cc2)C1. The van der Waals surface area contributed by atoms with Crippen LogP contribution in [0.2, 0.25) is 5.02 Å². The predicted octanol–water partition coefficient (Wildman–Crippen LogP) is 6.59. The maximum atomic E-state index is 12.8. The van der Waals surface area contributed by atoms with Gasteiger partial charge in [0.1, 0.15) is 5.71 Å². The highest BCUT2D eigenvalue weighted by molar-refractivity contribution is 8.01. The van der Waals surface area contributed by atoms with Gasteiger partial charge in [-0.1, -0.05) is 55.8 Å². The monoisotopic (exact) mass is 478 g/mol. The highest BCUT2D eigenvalue weighted by atomic mass is 35.5. The summed E-state index contributed by atoms with van der Waals surface area (Å²) in [6.45, 7) is 6.81. The molecule has 4 nitrogen and oxygen atoms in total. The van der Waals surface area contributed by atoms with Crippen LogP contribution in [0.15, 0.2) is 58.7 Å². The molecule has 0 bridgehead atoms. The summed E-state index contributed by atoms with van der Waals surface area (Å²) in [7, 11) is 0. The van der Waals surface area contributed by atoms with E-state index in [0.717, 1.165) is 49.3 Å². The fourth-order valence-corrected chi connectivity index (χ4v) is 4.97. The van der Waals surface area contributed by atoms with Gasteiger partial charge in [0.25, 0.3) is 6.43 Å². The van der Waals surface area contributed by atoms with Crippen molar-refractivity contribution in [2.45, 2.75) is 51.3 Å². The number of nitrogens with zero attached hydrogens (tertiary/aromatic N) is 3. The van der Waals surface area contributed by atoms with E-state index < -0.39 is 6.43 Å². The van der Waals surface area contributed by atoms with Gasteiger partial charge in [0.2, 0.25) is 0 Å². The number of nitrogens with one attached hydrogen (secondary N) is 1. The fraction of sp³-hybridized carbons (Fsp3) is 0.417. The number of hydrogen-bond donors (Lipinski definition) is 1. The number of rotatable bonds is 7. The zero-order valence-electron chi connectivity index (χ0n) is 18.4. The van der Waals surface area contributed by atoms with E-state index in [1.54, 1.807) is 0 Å². The van der Waals surface area contributed by atoms with Crippen molar-refractivity contribution in [1.82, 2.24) is 5.32 Å². The van der Waals surface area contributed by atoms with Gasteiger partial charge in [-0.05, 0) is 67.2 Å². The summed E-state index contributed by atoms with van der Waals surface area (Å²) in [6, 6.07) is 15.8. The standard InChI is InChI=1S/C22H23ClF2N4S.C2H6/c23-17-2-1-3-18(12-17)29(30-19-8-10-26-11-9-19)14-15-4-6-16(7-5-15)20-13-21(22(24)25)28-27-20;1-2/h1-7,12,19,22,26H,8-11,13-14H2;1-2H3. The molecule has 0 atom stereocenters. The molecule has 8 heteroatoms. The normalized spacial score (nSPS) is 16.3. The van der Waals surface area contributed by atoms with Crippen LogP contribution in [0, 0.1) is 0 Å². The van der Waals surface area contributed by atoms with E-state index in [4.69, 9.17) is 11.6 Å². The Morgan fingerprint density at radius 1 is 1.09 bits per heavy atom. The largest absolute Gasteiger partial charge is 0.317 e. The Kier molecular flexibility index (Phi) is 9.51. The molecule has 2 aliphatic heterocycles. The Labute approximate surface area is 198 Å². The Morgan fingerprint density at radius 2 is 1.81 bits per heavy atom. The van der Waals surface area contributed by atoms with Crippen molar-refractivity contribution in [1.29, 1.82) is 0 Å². The van der Waals surface area contributed by atoms with E-state index >= 15 is 0 Å². The molecule has 2 aromatic carbocycles. The molecule has 0 aromatic heterocycles. The molecular formula is C24H29ClF2N4S. The highest BCUT2D eigenvalue weighted by Crippen LogP contribution is 2.33. The first kappa shape index (κ1) is 24.7. The molecule has 32 heavy (non-hydrogen) atoms. The van der Waals surface area contributed by atoms with E-state index in [-0.39, 0.29) is 12.1 Å². The van der Waals surface area contributed by atoms with Crippen LogP contribution in [0.4, 0.5) is 14.5 Å². The highest BCUT2D eigenvalue weighted by Gasteiger charge is 2.22. The van der Waals surface area contributed by atoms with Crippen LogP contribution >= 0.6 is 23.5 Å². The van der Waals surface area contributed by atoms with Gasteiger partial charge in [-0.15, -0.1) is 0 Å². The molecular weight excluding hydrogens is 450 g/mol. The zero-order chi connectivity index (χ0) is 22.9. The summed E-state index contributed by atoms with van der Waals surface area (Å²) < 4.78 is 27.9. The topological polar surface area (TPSA) is 40.0 Å². The minimum Gasteiger partial charge on any atom is -0.317 e. The summed E-state index contributed by atoms with van der Waals surface area (Å²) in [5.74, 6) is 0. The number of alkyl halides is 2. The summed E-state index contributed by atoms with van der Waals surface area (Å²) in [5.41, 5.74) is 3.46. The van der Waals surface area contributed by atoms with Crippen LogP contribution in [-0.2, 0) is 6.54 Å². The van der Waals surface area contributed by atoms with Crippen LogP contribution < -0.4 is 9.62 Å². The summed E-state index contributed by atoms with van der Waals surface area (Å²) >= 11 is 8.10. The Bertz CT molecular complexity index is 928. The average molecular weight is 479 g/mol. The van der Waals surface area contributed by atoms with E-state index in [0.29, 0.717) is 16.0 Å². The minimum absolute atomic E-state index is 0.108. The lowest BCUT2D eigenvalue weighted by Gasteiger charge is -2.30. The second-order valence-electron chi connectivity index (χ2n) is 7.38. The number of hydrogen-bond acceptors (Lipinski definition) is 5. The lowest BCUT2D eigenvalue weighted by atomic mass is 10.0. The van der Waals surface area contributed by atoms with Crippen molar-refractivity contribution in [2.24, 2.45) is 10.2 Å². The molecule has 2 heterocycles. The molecule has 1 saturated heterocycles. The molecule has 1 N–H and O–H groups in total. The molecule has 4 rings (SSSR count). The summed E-state index contributed by atoms with van der Waals surface area (Å²) in [6.07, 6.45) is -0.180. The second-order valence-corrected chi connectivity index (χ2v) is 9.14. The van der Waals surface area contributed by atoms with Gasteiger partial charge in [0, 0.05) is 22.4 Å². The maximum Gasteiger partial charge on any atom is 0.278 e. The first-order valence-electron chi connectivity index (χ1n) is 11.0.